The van der Waals surface area contributed by atoms with Crippen molar-refractivity contribution < 1.29 is 4.39 Å². The summed E-state index contributed by atoms with van der Waals surface area (Å²) < 4.78 is 12.7. The third kappa shape index (κ3) is 3.70. The topological polar surface area (TPSA) is 24.1 Å². The molecule has 1 fully saturated rings. The van der Waals surface area contributed by atoms with E-state index in [1.807, 2.05) is 7.05 Å². The Morgan fingerprint density at radius 3 is 2.35 bits per heavy atom. The molecule has 0 spiro atoms. The monoisotopic (exact) mass is 236 g/mol. The lowest BCUT2D eigenvalue weighted by atomic mass is 9.86. The minimum Gasteiger partial charge on any atom is -0.385 e. The Bertz CT molecular complexity index is 329. The number of rotatable bonds is 4. The number of benzene rings is 1. The molecule has 2 rings (SSSR count). The first-order chi connectivity index (χ1) is 8.28. The van der Waals surface area contributed by atoms with E-state index in [1.165, 1.54) is 37.8 Å². The van der Waals surface area contributed by atoms with Crippen LogP contribution >= 0.6 is 0 Å². The van der Waals surface area contributed by atoms with Gasteiger partial charge < -0.3 is 10.6 Å². The fourth-order valence-corrected chi connectivity index (χ4v) is 2.49. The molecule has 1 saturated carbocycles. The second-order valence-corrected chi connectivity index (χ2v) is 4.89. The van der Waals surface area contributed by atoms with Gasteiger partial charge in [0.05, 0.1) is 0 Å². The molecule has 2 nitrogen and oxygen atoms in total. The van der Waals surface area contributed by atoms with Crippen LogP contribution in [0.4, 0.5) is 10.1 Å². The zero-order chi connectivity index (χ0) is 12.1. The third-order valence-electron chi connectivity index (χ3n) is 3.69. The molecule has 0 amide bonds. The molecule has 0 radical (unpaired) electrons. The van der Waals surface area contributed by atoms with Gasteiger partial charge in [-0.2, -0.15) is 0 Å². The molecule has 0 saturated heterocycles. The van der Waals surface area contributed by atoms with Crippen molar-refractivity contribution in [3.8, 4) is 0 Å². The van der Waals surface area contributed by atoms with E-state index in [-0.39, 0.29) is 5.82 Å². The van der Waals surface area contributed by atoms with Gasteiger partial charge in [-0.05, 0) is 62.9 Å². The minimum atomic E-state index is -0.176. The Morgan fingerprint density at radius 2 is 1.76 bits per heavy atom. The predicted octanol–water partition coefficient (Wildman–Crippen LogP) is 3.02. The summed E-state index contributed by atoms with van der Waals surface area (Å²) in [7, 11) is 2.04. The maximum Gasteiger partial charge on any atom is 0.123 e. The van der Waals surface area contributed by atoms with E-state index >= 15 is 0 Å². The fourth-order valence-electron chi connectivity index (χ4n) is 2.49. The van der Waals surface area contributed by atoms with E-state index in [2.05, 4.69) is 10.6 Å². The number of anilines is 1. The van der Waals surface area contributed by atoms with Crippen LogP contribution in [-0.4, -0.2) is 19.6 Å². The van der Waals surface area contributed by atoms with Crippen LogP contribution < -0.4 is 10.6 Å². The Balaban J connectivity index is 1.74. The molecular weight excluding hydrogens is 215 g/mol. The molecule has 1 aliphatic carbocycles. The van der Waals surface area contributed by atoms with Crippen LogP contribution in [0.3, 0.4) is 0 Å². The molecule has 0 unspecified atom stereocenters. The molecule has 0 aliphatic heterocycles. The molecule has 0 heterocycles. The average Bonchev–Trinajstić information content (AvgIpc) is 2.39. The van der Waals surface area contributed by atoms with Crippen LogP contribution in [0.2, 0.25) is 0 Å². The number of halogens is 1. The average molecular weight is 236 g/mol. The van der Waals surface area contributed by atoms with Crippen molar-refractivity contribution in [1.29, 1.82) is 0 Å². The van der Waals surface area contributed by atoms with E-state index < -0.39 is 0 Å². The van der Waals surface area contributed by atoms with Crippen LogP contribution in [0.15, 0.2) is 24.3 Å². The highest BCUT2D eigenvalue weighted by molar-refractivity contribution is 5.42. The molecule has 17 heavy (non-hydrogen) atoms. The highest BCUT2D eigenvalue weighted by Gasteiger charge is 2.19. The zero-order valence-corrected chi connectivity index (χ0v) is 10.4. The summed E-state index contributed by atoms with van der Waals surface area (Å²) in [6.07, 6.45) is 5.10. The van der Waals surface area contributed by atoms with E-state index in [4.69, 9.17) is 0 Å². The van der Waals surface area contributed by atoms with Crippen LogP contribution in [0.25, 0.3) is 0 Å². The highest BCUT2D eigenvalue weighted by atomic mass is 19.1. The van der Waals surface area contributed by atoms with E-state index in [0.29, 0.717) is 6.04 Å². The molecule has 1 aliphatic rings. The maximum absolute atomic E-state index is 12.7. The summed E-state index contributed by atoms with van der Waals surface area (Å²) in [5.41, 5.74) is 1.02. The molecule has 0 bridgehead atoms. The van der Waals surface area contributed by atoms with Crippen LogP contribution in [0.5, 0.6) is 0 Å². The Kier molecular flexibility index (Phi) is 4.37. The van der Waals surface area contributed by atoms with Crippen molar-refractivity contribution in [1.82, 2.24) is 5.32 Å². The lowest BCUT2D eigenvalue weighted by Crippen LogP contribution is -2.32. The number of nitrogens with one attached hydrogen (secondary N) is 2. The second-order valence-electron chi connectivity index (χ2n) is 4.89. The number of hydrogen-bond acceptors (Lipinski definition) is 2. The van der Waals surface area contributed by atoms with Gasteiger partial charge in [-0.25, -0.2) is 4.39 Å². The Hall–Kier alpha value is -1.09. The molecule has 3 heteroatoms. The summed E-state index contributed by atoms with van der Waals surface area (Å²) in [5, 5.41) is 6.73. The molecule has 1 aromatic carbocycles. The van der Waals surface area contributed by atoms with E-state index in [1.54, 1.807) is 12.1 Å². The Labute approximate surface area is 103 Å². The predicted molar refractivity (Wildman–Crippen MR) is 69.7 cm³/mol. The Morgan fingerprint density at radius 1 is 1.12 bits per heavy atom. The molecule has 0 atom stereocenters. The van der Waals surface area contributed by atoms with E-state index in [9.17, 15) is 4.39 Å². The van der Waals surface area contributed by atoms with Crippen LogP contribution in [0.1, 0.15) is 25.7 Å². The van der Waals surface area contributed by atoms with Gasteiger partial charge in [-0.3, -0.25) is 0 Å². The van der Waals surface area contributed by atoms with Crippen molar-refractivity contribution >= 4 is 5.69 Å². The van der Waals surface area contributed by atoms with Gasteiger partial charge in [0, 0.05) is 18.3 Å². The standard InChI is InChI=1S/C14H21FN2/c1-16-13-6-2-11(3-7-13)10-17-14-8-4-12(15)5-9-14/h4-5,8-9,11,13,16-17H,2-3,6-7,10H2,1H3. The van der Waals surface area contributed by atoms with Gasteiger partial charge in [-0.1, -0.05) is 0 Å². The molecule has 1 aromatic rings. The first-order valence-electron chi connectivity index (χ1n) is 6.44. The lowest BCUT2D eigenvalue weighted by Gasteiger charge is -2.28. The summed E-state index contributed by atoms with van der Waals surface area (Å²) >= 11 is 0. The van der Waals surface area contributed by atoms with Gasteiger partial charge >= 0.3 is 0 Å². The summed E-state index contributed by atoms with van der Waals surface area (Å²) in [6, 6.07) is 7.31. The van der Waals surface area contributed by atoms with Crippen LogP contribution in [-0.2, 0) is 0 Å². The summed E-state index contributed by atoms with van der Waals surface area (Å²) in [5.74, 6) is 0.578. The van der Waals surface area contributed by atoms with Crippen molar-refractivity contribution in [2.24, 2.45) is 5.92 Å². The van der Waals surface area contributed by atoms with Gasteiger partial charge in [0.2, 0.25) is 0 Å². The van der Waals surface area contributed by atoms with Crippen molar-refractivity contribution in [2.45, 2.75) is 31.7 Å². The van der Waals surface area contributed by atoms with Crippen molar-refractivity contribution in [3.63, 3.8) is 0 Å². The molecular formula is C14H21FN2. The minimum absolute atomic E-state index is 0.176. The van der Waals surface area contributed by atoms with Crippen LogP contribution in [0, 0.1) is 11.7 Å². The maximum atomic E-state index is 12.7. The molecule has 2 N–H and O–H groups in total. The normalized spacial score (nSPS) is 24.6. The molecule has 0 aromatic heterocycles. The van der Waals surface area contributed by atoms with Gasteiger partial charge in [0.15, 0.2) is 0 Å². The number of hydrogen-bond donors (Lipinski definition) is 2. The largest absolute Gasteiger partial charge is 0.385 e. The lowest BCUT2D eigenvalue weighted by molar-refractivity contribution is 0.312. The summed E-state index contributed by atoms with van der Waals surface area (Å²) in [6.45, 7) is 1.00. The van der Waals surface area contributed by atoms with Crippen molar-refractivity contribution in [2.75, 3.05) is 18.9 Å². The SMILES string of the molecule is CNC1CCC(CNc2ccc(F)cc2)CC1. The highest BCUT2D eigenvalue weighted by Crippen LogP contribution is 2.24. The van der Waals surface area contributed by atoms with E-state index in [0.717, 1.165) is 18.2 Å². The molecule has 94 valence electrons. The smallest absolute Gasteiger partial charge is 0.123 e. The quantitative estimate of drug-likeness (QED) is 0.839. The zero-order valence-electron chi connectivity index (χ0n) is 10.4. The first kappa shape index (κ1) is 12.4. The van der Waals surface area contributed by atoms with Gasteiger partial charge in [0.1, 0.15) is 5.82 Å². The third-order valence-corrected chi connectivity index (χ3v) is 3.69. The van der Waals surface area contributed by atoms with Gasteiger partial charge in [0.25, 0.3) is 0 Å². The second kappa shape index (κ2) is 6.01. The van der Waals surface area contributed by atoms with Crippen molar-refractivity contribution in [3.05, 3.63) is 30.1 Å². The first-order valence-corrected chi connectivity index (χ1v) is 6.44. The van der Waals surface area contributed by atoms with Gasteiger partial charge in [-0.15, -0.1) is 0 Å². The summed E-state index contributed by atoms with van der Waals surface area (Å²) in [4.78, 5) is 0. The fraction of sp³-hybridized carbons (Fsp3) is 0.571.